The Balaban J connectivity index is 1.73. The lowest BCUT2D eigenvalue weighted by atomic mass is 9.75. The lowest BCUT2D eigenvalue weighted by Crippen LogP contribution is -2.44. The maximum absolute atomic E-state index is 13.5. The van der Waals surface area contributed by atoms with Crippen LogP contribution in [0.1, 0.15) is 24.8 Å². The van der Waals surface area contributed by atoms with Gasteiger partial charge in [-0.15, -0.1) is 0 Å². The van der Waals surface area contributed by atoms with Gasteiger partial charge < -0.3 is 14.4 Å². The van der Waals surface area contributed by atoms with Crippen LogP contribution in [0.2, 0.25) is 5.02 Å². The molecule has 0 unspecified atom stereocenters. The van der Waals surface area contributed by atoms with Crippen molar-refractivity contribution in [2.24, 2.45) is 0 Å². The second-order valence-corrected chi connectivity index (χ2v) is 8.79. The van der Waals surface area contributed by atoms with Crippen LogP contribution in [-0.2, 0) is 29.3 Å². The molecule has 0 aromatic heterocycles. The largest absolute Gasteiger partial charge is 0.383 e. The van der Waals surface area contributed by atoms with Gasteiger partial charge in [-0.3, -0.25) is 24.2 Å². The smallest absolute Gasteiger partial charge is 0.241 e. The van der Waals surface area contributed by atoms with E-state index < -0.39 is 5.41 Å². The van der Waals surface area contributed by atoms with Crippen molar-refractivity contribution in [2.75, 3.05) is 66.7 Å². The molecule has 9 heteroatoms. The molecule has 0 aliphatic carbocycles. The predicted octanol–water partition coefficient (Wildman–Crippen LogP) is 1.55. The molecule has 1 aromatic carbocycles. The Kier molecular flexibility index (Phi) is 8.64. The van der Waals surface area contributed by atoms with E-state index in [2.05, 4.69) is 4.90 Å². The SMILES string of the molecule is COCCN1C(=O)C[C@@](CC(=O)N(C)CCCN2CCOCC2)(c2ccccc2Cl)C1=O. The summed E-state index contributed by atoms with van der Waals surface area (Å²) in [6.07, 6.45) is 0.652. The van der Waals surface area contributed by atoms with Gasteiger partial charge in [-0.05, 0) is 18.1 Å². The van der Waals surface area contributed by atoms with Crippen molar-refractivity contribution in [3.8, 4) is 0 Å². The second kappa shape index (κ2) is 11.2. The van der Waals surface area contributed by atoms with Crippen LogP contribution in [-0.4, -0.2) is 99.1 Å². The predicted molar refractivity (Wildman–Crippen MR) is 120 cm³/mol. The minimum absolute atomic E-state index is 0.0767. The number of hydrogen-bond donors (Lipinski definition) is 0. The van der Waals surface area contributed by atoms with Crippen LogP contribution in [0.4, 0.5) is 0 Å². The zero-order chi connectivity index (χ0) is 23.1. The Morgan fingerprint density at radius 1 is 1.22 bits per heavy atom. The number of hydrogen-bond acceptors (Lipinski definition) is 6. The number of rotatable bonds is 10. The number of likely N-dealkylation sites (tertiary alicyclic amines) is 1. The summed E-state index contributed by atoms with van der Waals surface area (Å²) in [6.45, 7) is 5.15. The molecule has 0 bridgehead atoms. The highest BCUT2D eigenvalue weighted by atomic mass is 35.5. The van der Waals surface area contributed by atoms with Crippen molar-refractivity contribution in [1.82, 2.24) is 14.7 Å². The number of amides is 3. The van der Waals surface area contributed by atoms with Crippen LogP contribution in [0, 0.1) is 0 Å². The Morgan fingerprint density at radius 3 is 2.62 bits per heavy atom. The Labute approximate surface area is 194 Å². The van der Waals surface area contributed by atoms with E-state index in [0.29, 0.717) is 17.1 Å². The first kappa shape index (κ1) is 24.6. The molecule has 0 spiro atoms. The first-order chi connectivity index (χ1) is 15.4. The molecule has 8 nitrogen and oxygen atoms in total. The molecule has 2 aliphatic rings. The minimum Gasteiger partial charge on any atom is -0.383 e. The van der Waals surface area contributed by atoms with E-state index >= 15 is 0 Å². The van der Waals surface area contributed by atoms with Gasteiger partial charge in [0.2, 0.25) is 17.7 Å². The highest BCUT2D eigenvalue weighted by Crippen LogP contribution is 2.43. The number of carbonyl (C=O) groups is 3. The third kappa shape index (κ3) is 5.49. The molecule has 3 amide bonds. The number of carbonyl (C=O) groups excluding carboxylic acids is 3. The number of nitrogens with zero attached hydrogens (tertiary/aromatic N) is 3. The van der Waals surface area contributed by atoms with Gasteiger partial charge in [0.15, 0.2) is 0 Å². The van der Waals surface area contributed by atoms with Crippen molar-refractivity contribution >= 4 is 29.3 Å². The first-order valence-electron chi connectivity index (χ1n) is 11.0. The van der Waals surface area contributed by atoms with Gasteiger partial charge >= 0.3 is 0 Å². The molecular weight excluding hydrogens is 434 g/mol. The monoisotopic (exact) mass is 465 g/mol. The van der Waals surface area contributed by atoms with Crippen LogP contribution in [0.3, 0.4) is 0 Å². The maximum Gasteiger partial charge on any atom is 0.241 e. The fraction of sp³-hybridized carbons (Fsp3) is 0.609. The summed E-state index contributed by atoms with van der Waals surface area (Å²) < 4.78 is 10.4. The van der Waals surface area contributed by atoms with Crippen molar-refractivity contribution < 1.29 is 23.9 Å². The van der Waals surface area contributed by atoms with Crippen molar-refractivity contribution in [1.29, 1.82) is 0 Å². The van der Waals surface area contributed by atoms with E-state index in [4.69, 9.17) is 21.1 Å². The molecule has 176 valence electrons. The summed E-state index contributed by atoms with van der Waals surface area (Å²) in [7, 11) is 3.26. The zero-order valence-corrected chi connectivity index (χ0v) is 19.6. The molecular formula is C23H32ClN3O5. The number of morpholine rings is 1. The number of methoxy groups -OCH3 is 1. The highest BCUT2D eigenvalue weighted by Gasteiger charge is 2.54. The molecule has 2 aliphatic heterocycles. The molecule has 1 atom stereocenters. The van der Waals surface area contributed by atoms with E-state index in [1.165, 1.54) is 12.0 Å². The minimum atomic E-state index is -1.29. The quantitative estimate of drug-likeness (QED) is 0.488. The Morgan fingerprint density at radius 2 is 1.94 bits per heavy atom. The van der Waals surface area contributed by atoms with Crippen molar-refractivity contribution in [3.63, 3.8) is 0 Å². The molecule has 2 heterocycles. The average Bonchev–Trinajstić information content (AvgIpc) is 3.02. The summed E-state index contributed by atoms with van der Waals surface area (Å²) in [4.78, 5) is 44.6. The molecule has 1 aromatic rings. The van der Waals surface area contributed by atoms with Gasteiger partial charge in [0.1, 0.15) is 0 Å². The van der Waals surface area contributed by atoms with Gasteiger partial charge in [-0.2, -0.15) is 0 Å². The van der Waals surface area contributed by atoms with E-state index in [0.717, 1.165) is 39.3 Å². The topological polar surface area (TPSA) is 79.4 Å². The van der Waals surface area contributed by atoms with E-state index in [-0.39, 0.29) is 43.7 Å². The lowest BCUT2D eigenvalue weighted by molar-refractivity contribution is -0.143. The summed E-state index contributed by atoms with van der Waals surface area (Å²) in [5.74, 6) is -0.876. The standard InChI is InChI=1S/C23H32ClN3O5/c1-25(8-5-9-26-10-14-32-15-11-26)20(28)16-23(18-6-3-4-7-19(18)24)17-21(29)27(22(23)30)12-13-31-2/h3-4,6-7H,5,8-17H2,1-2H3/t23-/m0/s1. The highest BCUT2D eigenvalue weighted by molar-refractivity contribution is 6.32. The van der Waals surface area contributed by atoms with Crippen LogP contribution in [0.15, 0.2) is 24.3 Å². The van der Waals surface area contributed by atoms with Crippen molar-refractivity contribution in [3.05, 3.63) is 34.9 Å². The molecule has 2 saturated heterocycles. The second-order valence-electron chi connectivity index (χ2n) is 8.38. The van der Waals surface area contributed by atoms with Gasteiger partial charge in [-0.25, -0.2) is 0 Å². The van der Waals surface area contributed by atoms with Crippen molar-refractivity contribution in [2.45, 2.75) is 24.7 Å². The number of halogens is 1. The van der Waals surface area contributed by atoms with E-state index in [1.54, 1.807) is 36.2 Å². The summed E-state index contributed by atoms with van der Waals surface area (Å²) in [6, 6.07) is 6.96. The molecule has 0 N–H and O–H groups in total. The lowest BCUT2D eigenvalue weighted by Gasteiger charge is -2.30. The van der Waals surface area contributed by atoms with Crippen LogP contribution in [0.25, 0.3) is 0 Å². The first-order valence-corrected chi connectivity index (χ1v) is 11.4. The Bertz CT molecular complexity index is 830. The summed E-state index contributed by atoms with van der Waals surface area (Å²) >= 11 is 6.44. The van der Waals surface area contributed by atoms with Gasteiger partial charge in [0, 0.05) is 58.2 Å². The summed E-state index contributed by atoms with van der Waals surface area (Å²) in [5.41, 5.74) is -0.770. The fourth-order valence-electron chi connectivity index (χ4n) is 4.38. The number of benzene rings is 1. The molecule has 0 saturated carbocycles. The maximum atomic E-state index is 13.5. The zero-order valence-electron chi connectivity index (χ0n) is 18.8. The average molecular weight is 466 g/mol. The molecule has 3 rings (SSSR count). The van der Waals surface area contributed by atoms with Gasteiger partial charge in [-0.1, -0.05) is 29.8 Å². The van der Waals surface area contributed by atoms with Crippen LogP contribution >= 0.6 is 11.6 Å². The fourth-order valence-corrected chi connectivity index (χ4v) is 4.69. The molecule has 32 heavy (non-hydrogen) atoms. The molecule has 2 fully saturated rings. The normalized spacial score (nSPS) is 21.9. The van der Waals surface area contributed by atoms with Crippen LogP contribution in [0.5, 0.6) is 0 Å². The third-order valence-corrected chi connectivity index (χ3v) is 6.60. The third-order valence-electron chi connectivity index (χ3n) is 6.27. The summed E-state index contributed by atoms with van der Waals surface area (Å²) in [5, 5.41) is 0.380. The number of imide groups is 1. The van der Waals surface area contributed by atoms with Gasteiger partial charge in [0.05, 0.1) is 31.8 Å². The van der Waals surface area contributed by atoms with E-state index in [1.807, 2.05) is 0 Å². The number of ether oxygens (including phenoxy) is 2. The van der Waals surface area contributed by atoms with Crippen LogP contribution < -0.4 is 0 Å². The van der Waals surface area contributed by atoms with Gasteiger partial charge in [0.25, 0.3) is 0 Å². The molecule has 0 radical (unpaired) electrons. The van der Waals surface area contributed by atoms with E-state index in [9.17, 15) is 14.4 Å². The Hall–Kier alpha value is -2.00.